The van der Waals surface area contributed by atoms with Gasteiger partial charge in [0, 0.05) is 37.5 Å². The lowest BCUT2D eigenvalue weighted by atomic mass is 9.94. The number of carbonyl (C=O) groups is 1. The second-order valence-corrected chi connectivity index (χ2v) is 6.38. The Morgan fingerprint density at radius 1 is 1.31 bits per heavy atom. The molecule has 0 N–H and O–H groups in total. The molecule has 1 heterocycles. The zero-order chi connectivity index (χ0) is 20.8. The summed E-state index contributed by atoms with van der Waals surface area (Å²) in [7, 11) is 1.43. The summed E-state index contributed by atoms with van der Waals surface area (Å²) in [5.41, 5.74) is 1.76. The molecule has 0 aliphatic carbocycles. The van der Waals surface area contributed by atoms with E-state index in [1.54, 1.807) is 24.1 Å². The van der Waals surface area contributed by atoms with Crippen molar-refractivity contribution < 1.29 is 23.4 Å². The zero-order valence-electron chi connectivity index (χ0n) is 16.2. The molecule has 0 radical (unpaired) electrons. The summed E-state index contributed by atoms with van der Waals surface area (Å²) in [5.74, 6) is -1.67. The van der Waals surface area contributed by atoms with Crippen LogP contribution in [0, 0.1) is 17.1 Å². The first-order valence-electron chi connectivity index (χ1n) is 9.14. The van der Waals surface area contributed by atoms with Crippen molar-refractivity contribution in [2.45, 2.75) is 12.8 Å². The Hall–Kier alpha value is -3.37. The molecule has 0 spiro atoms. The maximum Gasteiger partial charge on any atom is 0.344 e. The number of anilines is 1. The van der Waals surface area contributed by atoms with Gasteiger partial charge in [-0.3, -0.25) is 0 Å². The highest BCUT2D eigenvalue weighted by atomic mass is 19.1. The molecule has 0 bridgehead atoms. The van der Waals surface area contributed by atoms with E-state index in [9.17, 15) is 14.4 Å². The predicted molar refractivity (Wildman–Crippen MR) is 105 cm³/mol. The van der Waals surface area contributed by atoms with Crippen LogP contribution in [-0.2, 0) is 9.47 Å². The Morgan fingerprint density at radius 2 is 2.07 bits per heavy atom. The fourth-order valence-corrected chi connectivity index (χ4v) is 3.23. The number of halogens is 1. The van der Waals surface area contributed by atoms with Gasteiger partial charge in [-0.2, -0.15) is 5.26 Å². The Balaban J connectivity index is 1.96. The summed E-state index contributed by atoms with van der Waals surface area (Å²) in [6.45, 7) is 2.07. The van der Waals surface area contributed by atoms with Crippen molar-refractivity contribution in [3.05, 3.63) is 71.2 Å². The lowest BCUT2D eigenvalue weighted by Crippen LogP contribution is -2.18. The molecular weight excluding hydrogens is 375 g/mol. The molecule has 2 aromatic carbocycles. The lowest BCUT2D eigenvalue weighted by Gasteiger charge is -2.20. The van der Waals surface area contributed by atoms with Crippen molar-refractivity contribution in [1.82, 2.24) is 0 Å². The van der Waals surface area contributed by atoms with Crippen LogP contribution in [0.1, 0.15) is 28.8 Å². The van der Waals surface area contributed by atoms with E-state index >= 15 is 0 Å². The van der Waals surface area contributed by atoms with Gasteiger partial charge in [0.1, 0.15) is 17.1 Å². The zero-order valence-corrected chi connectivity index (χ0v) is 16.2. The highest BCUT2D eigenvalue weighted by molar-refractivity contribution is 5.93. The van der Waals surface area contributed by atoms with Gasteiger partial charge >= 0.3 is 5.97 Å². The molecule has 2 aromatic rings. The van der Waals surface area contributed by atoms with Gasteiger partial charge in [0.25, 0.3) is 0 Å². The second kappa shape index (κ2) is 9.22. The molecule has 1 unspecified atom stereocenters. The Kier molecular flexibility index (Phi) is 6.47. The van der Waals surface area contributed by atoms with E-state index in [-0.39, 0.29) is 30.6 Å². The van der Waals surface area contributed by atoms with Gasteiger partial charge in [-0.25, -0.2) is 9.18 Å². The number of esters is 1. The summed E-state index contributed by atoms with van der Waals surface area (Å²) < 4.78 is 30.1. The smallest absolute Gasteiger partial charge is 0.344 e. The molecule has 6 nitrogen and oxygen atoms in total. The van der Waals surface area contributed by atoms with E-state index in [0.29, 0.717) is 17.8 Å². The Morgan fingerprint density at radius 3 is 2.72 bits per heavy atom. The molecule has 3 rings (SSSR count). The van der Waals surface area contributed by atoms with E-state index in [2.05, 4.69) is 6.07 Å². The summed E-state index contributed by atoms with van der Waals surface area (Å²) in [6, 6.07) is 14.7. The van der Waals surface area contributed by atoms with Crippen molar-refractivity contribution in [2.75, 3.05) is 32.0 Å². The van der Waals surface area contributed by atoms with Crippen LogP contribution in [0.25, 0.3) is 0 Å². The third-order valence-corrected chi connectivity index (χ3v) is 4.56. The summed E-state index contributed by atoms with van der Waals surface area (Å²) in [4.78, 5) is 13.9. The second-order valence-electron chi connectivity index (χ2n) is 6.38. The summed E-state index contributed by atoms with van der Waals surface area (Å²) in [6.07, 6.45) is 1.69. The number of benzene rings is 2. The van der Waals surface area contributed by atoms with E-state index in [1.165, 1.54) is 13.2 Å². The standard InChI is InChI=1S/C22H21FN2O4/c1-3-28-22(26)21-19(23)9-17(10-20(21)29-14-27-2)25-12-16(11-24)18(13-25)15-7-5-4-6-8-15/h4-10,12,18H,3,13-14H2,1-2H3. The van der Waals surface area contributed by atoms with Crippen LogP contribution in [0.2, 0.25) is 0 Å². The third kappa shape index (κ3) is 4.39. The minimum absolute atomic E-state index is 0.0235. The van der Waals surface area contributed by atoms with Crippen molar-refractivity contribution >= 4 is 11.7 Å². The first kappa shape index (κ1) is 20.4. The van der Waals surface area contributed by atoms with Crippen LogP contribution < -0.4 is 9.64 Å². The monoisotopic (exact) mass is 396 g/mol. The fourth-order valence-electron chi connectivity index (χ4n) is 3.23. The number of hydrogen-bond donors (Lipinski definition) is 0. The average molecular weight is 396 g/mol. The quantitative estimate of drug-likeness (QED) is 0.520. The maximum absolute atomic E-state index is 14.8. The van der Waals surface area contributed by atoms with Crippen LogP contribution >= 0.6 is 0 Å². The van der Waals surface area contributed by atoms with Crippen LogP contribution in [0.5, 0.6) is 5.75 Å². The molecule has 0 amide bonds. The molecule has 29 heavy (non-hydrogen) atoms. The average Bonchev–Trinajstić information content (AvgIpc) is 3.17. The largest absolute Gasteiger partial charge is 0.466 e. The minimum atomic E-state index is -0.806. The minimum Gasteiger partial charge on any atom is -0.466 e. The van der Waals surface area contributed by atoms with Crippen molar-refractivity contribution in [3.63, 3.8) is 0 Å². The van der Waals surface area contributed by atoms with Gasteiger partial charge in [-0.1, -0.05) is 30.3 Å². The topological polar surface area (TPSA) is 71.8 Å². The highest BCUT2D eigenvalue weighted by Crippen LogP contribution is 2.37. The molecule has 150 valence electrons. The molecular formula is C22H21FN2O4. The van der Waals surface area contributed by atoms with Crippen molar-refractivity contribution in [1.29, 1.82) is 5.26 Å². The molecule has 0 fully saturated rings. The fraction of sp³-hybridized carbons (Fsp3) is 0.273. The first-order valence-corrected chi connectivity index (χ1v) is 9.14. The van der Waals surface area contributed by atoms with Gasteiger partial charge in [-0.15, -0.1) is 0 Å². The number of methoxy groups -OCH3 is 1. The number of rotatable bonds is 7. The number of ether oxygens (including phenoxy) is 3. The van der Waals surface area contributed by atoms with Crippen molar-refractivity contribution in [2.24, 2.45) is 0 Å². The first-order chi connectivity index (χ1) is 14.1. The normalized spacial score (nSPS) is 15.6. The molecule has 0 saturated carbocycles. The van der Waals surface area contributed by atoms with Gasteiger partial charge in [0.2, 0.25) is 0 Å². The van der Waals surface area contributed by atoms with Crippen LogP contribution in [-0.4, -0.2) is 33.0 Å². The lowest BCUT2D eigenvalue weighted by molar-refractivity contribution is 0.0432. The maximum atomic E-state index is 14.8. The van der Waals surface area contributed by atoms with Gasteiger partial charge < -0.3 is 19.1 Å². The summed E-state index contributed by atoms with van der Waals surface area (Å²) in [5, 5.41) is 9.54. The molecule has 1 aliphatic heterocycles. The number of carbonyl (C=O) groups excluding carboxylic acids is 1. The van der Waals surface area contributed by atoms with E-state index in [1.807, 2.05) is 30.3 Å². The Bertz CT molecular complexity index is 953. The predicted octanol–water partition coefficient (Wildman–Crippen LogP) is 4.00. The number of nitriles is 1. The number of nitrogens with zero attached hydrogens (tertiary/aromatic N) is 2. The van der Waals surface area contributed by atoms with E-state index in [0.717, 1.165) is 5.56 Å². The van der Waals surface area contributed by atoms with Gasteiger partial charge in [0.15, 0.2) is 6.79 Å². The van der Waals surface area contributed by atoms with E-state index < -0.39 is 11.8 Å². The van der Waals surface area contributed by atoms with Gasteiger partial charge in [-0.05, 0) is 18.6 Å². The summed E-state index contributed by atoms with van der Waals surface area (Å²) >= 11 is 0. The molecule has 1 atom stereocenters. The third-order valence-electron chi connectivity index (χ3n) is 4.56. The number of hydrogen-bond acceptors (Lipinski definition) is 6. The van der Waals surface area contributed by atoms with Crippen LogP contribution in [0.3, 0.4) is 0 Å². The molecule has 7 heteroatoms. The molecule has 1 aliphatic rings. The van der Waals surface area contributed by atoms with Crippen molar-refractivity contribution in [3.8, 4) is 11.8 Å². The van der Waals surface area contributed by atoms with Gasteiger partial charge in [0.05, 0.1) is 18.2 Å². The SMILES string of the molecule is CCOC(=O)c1c(F)cc(N2C=C(C#N)C(c3ccccc3)C2)cc1OCOC. The molecule has 0 aromatic heterocycles. The van der Waals surface area contributed by atoms with Crippen LogP contribution in [0.4, 0.5) is 10.1 Å². The van der Waals surface area contributed by atoms with E-state index in [4.69, 9.17) is 14.2 Å². The Labute approximate surface area is 168 Å². The highest BCUT2D eigenvalue weighted by Gasteiger charge is 2.29. The van der Waals surface area contributed by atoms with Crippen LogP contribution in [0.15, 0.2) is 54.2 Å². The molecule has 0 saturated heterocycles.